The predicted octanol–water partition coefficient (Wildman–Crippen LogP) is 5.50. The van der Waals surface area contributed by atoms with E-state index in [4.69, 9.17) is 20.9 Å². The van der Waals surface area contributed by atoms with Crippen molar-refractivity contribution < 1.29 is 23.8 Å². The molecule has 2 amide bonds. The number of amides is 2. The molecule has 1 aliphatic rings. The van der Waals surface area contributed by atoms with Crippen LogP contribution in [0.25, 0.3) is 11.3 Å². The van der Waals surface area contributed by atoms with Crippen LogP contribution in [0.2, 0.25) is 5.02 Å². The minimum absolute atomic E-state index is 0.0443. The Balaban J connectivity index is 1.36. The van der Waals surface area contributed by atoms with Crippen LogP contribution < -0.4 is 15.0 Å². The number of nitro groups is 1. The first-order chi connectivity index (χ1) is 19.3. The normalized spacial score (nSPS) is 13.3. The number of hydrogen-bond donors (Lipinski definition) is 1. The summed E-state index contributed by atoms with van der Waals surface area (Å²) in [5, 5.41) is 20.4. The second kappa shape index (κ2) is 11.4. The monoisotopic (exact) mass is 581 g/mol. The van der Waals surface area contributed by atoms with E-state index in [9.17, 15) is 19.7 Å². The quantitative estimate of drug-likeness (QED) is 0.224. The Labute approximate surface area is 238 Å². The highest BCUT2D eigenvalue weighted by Gasteiger charge is 2.31. The topological polar surface area (TPSA) is 131 Å². The van der Waals surface area contributed by atoms with Gasteiger partial charge in [0.25, 0.3) is 17.5 Å². The van der Waals surface area contributed by atoms with Gasteiger partial charge in [0.1, 0.15) is 28.5 Å². The van der Waals surface area contributed by atoms with Crippen molar-refractivity contribution in [1.82, 2.24) is 10.1 Å². The van der Waals surface area contributed by atoms with Crippen molar-refractivity contribution in [1.29, 1.82) is 0 Å². The van der Waals surface area contributed by atoms with Crippen LogP contribution in [-0.2, 0) is 0 Å². The number of aromatic nitrogens is 1. The third-order valence-corrected chi connectivity index (χ3v) is 7.77. The number of hydrogen-bond acceptors (Lipinski definition) is 9. The molecule has 0 saturated carbocycles. The van der Waals surface area contributed by atoms with Crippen molar-refractivity contribution in [2.75, 3.05) is 43.5 Å². The largest absolute Gasteiger partial charge is 0.496 e. The standard InChI is InChI=1S/C27H24ClN5O6S/c1-16-24(25(30-39-16)17-6-3-4-7-22(17)38-2)27(35)32-11-9-31(10-12-32)20-15-19(21(33(36)37)14-18(20)28)29-26(34)23-8-5-13-40-23/h3-8,13-15H,9-12H2,1-2H3,(H,29,34). The molecule has 206 valence electrons. The number of rotatable bonds is 7. The molecular weight excluding hydrogens is 558 g/mol. The molecule has 4 aromatic rings. The maximum atomic E-state index is 13.6. The van der Waals surface area contributed by atoms with E-state index in [0.717, 1.165) is 0 Å². The Morgan fingerprint density at radius 1 is 1.15 bits per heavy atom. The van der Waals surface area contributed by atoms with Gasteiger partial charge in [0.05, 0.1) is 27.6 Å². The Kier molecular flexibility index (Phi) is 7.71. The van der Waals surface area contributed by atoms with E-state index in [2.05, 4.69) is 10.5 Å². The van der Waals surface area contributed by atoms with Gasteiger partial charge in [0.15, 0.2) is 0 Å². The zero-order valence-corrected chi connectivity index (χ0v) is 23.1. The van der Waals surface area contributed by atoms with Gasteiger partial charge in [-0.05, 0) is 36.6 Å². The number of nitrogens with one attached hydrogen (secondary N) is 1. The summed E-state index contributed by atoms with van der Waals surface area (Å²) in [6.45, 7) is 3.24. The van der Waals surface area contributed by atoms with Crippen molar-refractivity contribution in [3.05, 3.63) is 85.2 Å². The highest BCUT2D eigenvalue weighted by atomic mass is 35.5. The number of thiophene rings is 1. The molecule has 0 unspecified atom stereocenters. The first kappa shape index (κ1) is 27.2. The molecule has 1 aliphatic heterocycles. The summed E-state index contributed by atoms with van der Waals surface area (Å²) in [6.07, 6.45) is 0. The van der Waals surface area contributed by atoms with Gasteiger partial charge in [-0.25, -0.2) is 0 Å². The fourth-order valence-corrected chi connectivity index (χ4v) is 5.49. The maximum Gasteiger partial charge on any atom is 0.294 e. The lowest BCUT2D eigenvalue weighted by atomic mass is 10.0. The molecule has 5 rings (SSSR count). The lowest BCUT2D eigenvalue weighted by molar-refractivity contribution is -0.383. The number of benzene rings is 2. The van der Waals surface area contributed by atoms with Crippen molar-refractivity contribution in [3.63, 3.8) is 0 Å². The van der Waals surface area contributed by atoms with Crippen molar-refractivity contribution in [2.24, 2.45) is 0 Å². The van der Waals surface area contributed by atoms with Crippen LogP contribution in [0.4, 0.5) is 17.1 Å². The molecule has 40 heavy (non-hydrogen) atoms. The molecule has 0 atom stereocenters. The number of carbonyl (C=O) groups excluding carboxylic acids is 2. The minimum Gasteiger partial charge on any atom is -0.496 e. The van der Waals surface area contributed by atoms with Crippen LogP contribution in [0, 0.1) is 17.0 Å². The van der Waals surface area contributed by atoms with Crippen LogP contribution >= 0.6 is 22.9 Å². The van der Waals surface area contributed by atoms with Crippen molar-refractivity contribution in [2.45, 2.75) is 6.92 Å². The zero-order valence-electron chi connectivity index (χ0n) is 21.5. The SMILES string of the molecule is COc1ccccc1-c1noc(C)c1C(=O)N1CCN(c2cc(NC(=O)c3cccs3)c([N+](=O)[O-])cc2Cl)CC1. The number of aryl methyl sites for hydroxylation is 1. The number of piperazine rings is 1. The Morgan fingerprint density at radius 3 is 2.58 bits per heavy atom. The van der Waals surface area contributed by atoms with E-state index in [1.807, 2.05) is 23.1 Å². The number of anilines is 2. The molecule has 0 aliphatic carbocycles. The number of carbonyl (C=O) groups is 2. The molecule has 1 N–H and O–H groups in total. The number of ether oxygens (including phenoxy) is 1. The van der Waals surface area contributed by atoms with E-state index in [1.165, 1.54) is 23.5 Å². The molecule has 3 heterocycles. The van der Waals surface area contributed by atoms with Gasteiger partial charge in [-0.1, -0.05) is 35.0 Å². The Hall–Kier alpha value is -4.42. The molecule has 2 aromatic heterocycles. The summed E-state index contributed by atoms with van der Waals surface area (Å²) < 4.78 is 10.8. The highest BCUT2D eigenvalue weighted by molar-refractivity contribution is 7.12. The Morgan fingerprint density at radius 2 is 1.90 bits per heavy atom. The summed E-state index contributed by atoms with van der Waals surface area (Å²) >= 11 is 7.69. The second-order valence-corrected chi connectivity index (χ2v) is 10.3. The highest BCUT2D eigenvalue weighted by Crippen LogP contribution is 2.38. The molecule has 13 heteroatoms. The van der Waals surface area contributed by atoms with E-state index in [-0.39, 0.29) is 22.3 Å². The van der Waals surface area contributed by atoms with Crippen LogP contribution in [0.3, 0.4) is 0 Å². The lowest BCUT2D eigenvalue weighted by Crippen LogP contribution is -2.49. The molecule has 0 radical (unpaired) electrons. The molecule has 11 nitrogen and oxygen atoms in total. The number of para-hydroxylation sites is 1. The van der Waals surface area contributed by atoms with Gasteiger partial charge in [0.2, 0.25) is 0 Å². The van der Waals surface area contributed by atoms with Crippen molar-refractivity contribution >= 4 is 51.8 Å². The van der Waals surface area contributed by atoms with Crippen LogP contribution in [0.5, 0.6) is 5.75 Å². The third kappa shape index (κ3) is 5.23. The fourth-order valence-electron chi connectivity index (χ4n) is 4.59. The van der Waals surface area contributed by atoms with E-state index >= 15 is 0 Å². The molecular formula is C27H24ClN5O6S. The summed E-state index contributed by atoms with van der Waals surface area (Å²) in [6, 6.07) is 13.4. The molecule has 0 spiro atoms. The lowest BCUT2D eigenvalue weighted by Gasteiger charge is -2.36. The first-order valence-corrected chi connectivity index (χ1v) is 13.5. The second-order valence-electron chi connectivity index (χ2n) is 8.95. The van der Waals surface area contributed by atoms with Crippen molar-refractivity contribution in [3.8, 4) is 17.0 Å². The summed E-state index contributed by atoms with van der Waals surface area (Å²) in [4.78, 5) is 41.4. The maximum absolute atomic E-state index is 13.6. The number of nitro benzene ring substituents is 1. The predicted molar refractivity (Wildman–Crippen MR) is 152 cm³/mol. The van der Waals surface area contributed by atoms with Gasteiger partial charge in [-0.15, -0.1) is 11.3 Å². The summed E-state index contributed by atoms with van der Waals surface area (Å²) in [5.41, 5.74) is 1.69. The van der Waals surface area contributed by atoms with E-state index < -0.39 is 10.8 Å². The summed E-state index contributed by atoms with van der Waals surface area (Å²) in [5.74, 6) is 0.303. The van der Waals surface area contributed by atoms with Gasteiger partial charge in [0, 0.05) is 37.8 Å². The smallest absolute Gasteiger partial charge is 0.294 e. The first-order valence-electron chi connectivity index (χ1n) is 12.2. The van der Waals surface area contributed by atoms with Crippen LogP contribution in [0.15, 0.2) is 58.4 Å². The number of halogens is 1. The van der Waals surface area contributed by atoms with E-state index in [1.54, 1.807) is 42.5 Å². The average molecular weight is 582 g/mol. The molecule has 1 fully saturated rings. The molecule has 2 aromatic carbocycles. The Bertz CT molecular complexity index is 1580. The number of nitrogens with zero attached hydrogens (tertiary/aromatic N) is 4. The van der Waals surface area contributed by atoms with Crippen LogP contribution in [-0.4, -0.2) is 60.1 Å². The third-order valence-electron chi connectivity index (χ3n) is 6.60. The van der Waals surface area contributed by atoms with Crippen LogP contribution in [0.1, 0.15) is 25.8 Å². The van der Waals surface area contributed by atoms with Gasteiger partial charge in [-0.3, -0.25) is 19.7 Å². The minimum atomic E-state index is -0.586. The molecule has 1 saturated heterocycles. The molecule has 0 bridgehead atoms. The summed E-state index contributed by atoms with van der Waals surface area (Å²) in [7, 11) is 1.55. The van der Waals surface area contributed by atoms with Gasteiger partial charge >= 0.3 is 0 Å². The fraction of sp³-hybridized carbons (Fsp3) is 0.222. The average Bonchev–Trinajstić information content (AvgIpc) is 3.64. The van der Waals surface area contributed by atoms with Gasteiger partial charge in [-0.2, -0.15) is 0 Å². The van der Waals surface area contributed by atoms with E-state index in [0.29, 0.717) is 65.1 Å². The zero-order chi connectivity index (χ0) is 28.4. The van der Waals surface area contributed by atoms with Gasteiger partial charge < -0.3 is 24.4 Å². The number of methoxy groups -OCH3 is 1.